The Morgan fingerprint density at radius 2 is 1.09 bits per heavy atom. The molecule has 0 amide bonds. The van der Waals surface area contributed by atoms with Crippen LogP contribution >= 0.6 is 45.3 Å². The first-order chi connectivity index (χ1) is 37.3. The van der Waals surface area contributed by atoms with E-state index in [1.165, 1.54) is 152 Å². The van der Waals surface area contributed by atoms with Crippen molar-refractivity contribution in [3.05, 3.63) is 91.2 Å². The van der Waals surface area contributed by atoms with Gasteiger partial charge in [-0.3, -0.25) is 0 Å². The second-order valence-electron chi connectivity index (χ2n) is 19.0. The fourth-order valence-corrected chi connectivity index (χ4v) is 14.5. The fourth-order valence-electron chi connectivity index (χ4n) is 9.94. The summed E-state index contributed by atoms with van der Waals surface area (Å²) >= 11 is 7.25. The smallest absolute Gasteiger partial charge is 0.240 e. The Hall–Kier alpha value is -6.72. The lowest BCUT2D eigenvalue weighted by molar-refractivity contribution is 0.365. The van der Waals surface area contributed by atoms with Crippen LogP contribution in [-0.4, -0.2) is 24.2 Å². The SMILES string of the molecule is CC#CC#CC#Cc1c(-c2ccc(/C=c3\nc(OC)/c(=C/C)nc3OC)s2)cc(C)c2c1sc1cc3c(cc12)sc1c(CCCCCCCCCCCCCCCCC)c(-c2ccc(C)s2)cc(C#CC#CC#CC)c13. The minimum absolute atomic E-state index is 0.434. The largest absolute Gasteiger partial charge is 0.479 e. The minimum Gasteiger partial charge on any atom is -0.479 e. The predicted molar refractivity (Wildman–Crippen MR) is 331 cm³/mol. The molecule has 0 saturated heterocycles. The number of thiophene rings is 4. The molecule has 3 aromatic carbocycles. The first-order valence-corrected chi connectivity index (χ1v) is 30.2. The van der Waals surface area contributed by atoms with Crippen molar-refractivity contribution in [1.82, 2.24) is 9.97 Å². The average molecular weight is 1070 g/mol. The monoisotopic (exact) mass is 1070 g/mol. The second-order valence-corrected chi connectivity index (χ2v) is 23.5. The summed E-state index contributed by atoms with van der Waals surface area (Å²) in [6.45, 7) is 12.2. The van der Waals surface area contributed by atoms with Crippen molar-refractivity contribution in [3.63, 3.8) is 0 Å². The molecule has 0 aliphatic heterocycles. The lowest BCUT2D eigenvalue weighted by Gasteiger charge is -2.12. The fraction of sp³-hybridized carbons (Fsp3) is 0.353. The molecule has 5 aromatic heterocycles. The molecule has 8 rings (SSSR count). The van der Waals surface area contributed by atoms with Gasteiger partial charge in [0, 0.05) is 66.3 Å². The number of aromatic nitrogens is 2. The van der Waals surface area contributed by atoms with Gasteiger partial charge in [0.15, 0.2) is 0 Å². The van der Waals surface area contributed by atoms with Gasteiger partial charge in [0.25, 0.3) is 0 Å². The lowest BCUT2D eigenvalue weighted by Crippen LogP contribution is -2.23. The molecule has 0 fully saturated rings. The Morgan fingerprint density at radius 1 is 0.539 bits per heavy atom. The summed E-state index contributed by atoms with van der Waals surface area (Å²) in [6, 6.07) is 18.3. The van der Waals surface area contributed by atoms with E-state index < -0.39 is 0 Å². The zero-order valence-corrected chi connectivity index (χ0v) is 48.7. The van der Waals surface area contributed by atoms with Gasteiger partial charge in [-0.05, 0) is 166 Å². The molecule has 0 N–H and O–H groups in total. The first-order valence-electron chi connectivity index (χ1n) is 26.9. The molecule has 0 unspecified atom stereocenters. The number of hydrogen-bond acceptors (Lipinski definition) is 8. The van der Waals surface area contributed by atoms with Gasteiger partial charge in [-0.2, -0.15) is 0 Å². The predicted octanol–water partition coefficient (Wildman–Crippen LogP) is 17.1. The van der Waals surface area contributed by atoms with Crippen LogP contribution in [0.15, 0.2) is 48.5 Å². The maximum atomic E-state index is 5.67. The van der Waals surface area contributed by atoms with Crippen LogP contribution < -0.4 is 20.2 Å². The number of unbranched alkanes of at least 4 members (excludes halogenated alkanes) is 14. The lowest BCUT2D eigenvalue weighted by atomic mass is 9.93. The van der Waals surface area contributed by atoms with Crippen LogP contribution in [0.3, 0.4) is 0 Å². The van der Waals surface area contributed by atoms with Crippen LogP contribution in [0.2, 0.25) is 0 Å². The van der Waals surface area contributed by atoms with Gasteiger partial charge in [-0.15, -0.1) is 45.3 Å². The van der Waals surface area contributed by atoms with E-state index in [4.69, 9.17) is 14.5 Å². The molecule has 0 bridgehead atoms. The topological polar surface area (TPSA) is 44.2 Å². The second kappa shape index (κ2) is 27.9. The van der Waals surface area contributed by atoms with Gasteiger partial charge in [0.2, 0.25) is 11.8 Å². The highest BCUT2D eigenvalue weighted by atomic mass is 32.1. The maximum Gasteiger partial charge on any atom is 0.240 e. The number of aryl methyl sites for hydroxylation is 3. The molecule has 0 aliphatic carbocycles. The van der Waals surface area contributed by atoms with Crippen molar-refractivity contribution in [2.24, 2.45) is 0 Å². The van der Waals surface area contributed by atoms with E-state index in [9.17, 15) is 0 Å². The van der Waals surface area contributed by atoms with Crippen LogP contribution in [0, 0.1) is 84.9 Å². The van der Waals surface area contributed by atoms with Gasteiger partial charge >= 0.3 is 0 Å². The maximum absolute atomic E-state index is 5.67. The molecule has 0 radical (unpaired) electrons. The zero-order chi connectivity index (χ0) is 53.2. The summed E-state index contributed by atoms with van der Waals surface area (Å²) in [5.74, 6) is 37.5. The van der Waals surface area contributed by atoms with Crippen molar-refractivity contribution in [2.75, 3.05) is 14.2 Å². The van der Waals surface area contributed by atoms with Crippen molar-refractivity contribution < 1.29 is 9.47 Å². The summed E-state index contributed by atoms with van der Waals surface area (Å²) in [5.41, 5.74) is 6.95. The van der Waals surface area contributed by atoms with Gasteiger partial charge in [0.1, 0.15) is 10.7 Å². The van der Waals surface area contributed by atoms with Crippen molar-refractivity contribution in [1.29, 1.82) is 0 Å². The van der Waals surface area contributed by atoms with Gasteiger partial charge in [-0.25, -0.2) is 9.97 Å². The van der Waals surface area contributed by atoms with Crippen LogP contribution in [0.1, 0.15) is 156 Å². The third-order valence-electron chi connectivity index (χ3n) is 13.7. The minimum atomic E-state index is 0.434. The Morgan fingerprint density at radius 3 is 1.70 bits per heavy atom. The molecule has 0 atom stereocenters. The zero-order valence-electron chi connectivity index (χ0n) is 45.4. The van der Waals surface area contributed by atoms with E-state index in [1.54, 1.807) is 50.7 Å². The Kier molecular flexibility index (Phi) is 20.4. The van der Waals surface area contributed by atoms with E-state index in [2.05, 4.69) is 145 Å². The Balaban J connectivity index is 1.18. The van der Waals surface area contributed by atoms with Gasteiger partial charge < -0.3 is 9.47 Å². The molecule has 5 heterocycles. The molecule has 384 valence electrons. The third-order valence-corrected chi connectivity index (χ3v) is 18.1. The van der Waals surface area contributed by atoms with Crippen molar-refractivity contribution in [2.45, 2.75) is 144 Å². The highest BCUT2D eigenvalue weighted by Crippen LogP contribution is 2.49. The molecule has 8 aromatic rings. The molecule has 76 heavy (non-hydrogen) atoms. The number of rotatable bonds is 21. The summed E-state index contributed by atoms with van der Waals surface area (Å²) < 4.78 is 16.2. The summed E-state index contributed by atoms with van der Waals surface area (Å²) in [4.78, 5) is 14.1. The number of ether oxygens (including phenoxy) is 2. The normalized spacial score (nSPS) is 11.3. The first kappa shape index (κ1) is 55.5. The summed E-state index contributed by atoms with van der Waals surface area (Å²) in [7, 11) is 3.21. The molecule has 0 spiro atoms. The third kappa shape index (κ3) is 13.4. The molecule has 0 aliphatic rings. The number of hydrogen-bond donors (Lipinski definition) is 0. The van der Waals surface area contributed by atoms with Crippen molar-refractivity contribution in [3.8, 4) is 104 Å². The van der Waals surface area contributed by atoms with Crippen LogP contribution in [-0.2, 0) is 6.42 Å². The van der Waals surface area contributed by atoms with Gasteiger partial charge in [-0.1, -0.05) is 127 Å². The standard InChI is InChI=1S/C68H66N2O2S4/c1-9-13-16-19-20-21-22-23-24-25-26-27-28-31-34-37-52-54(59-40-38-48(6)73-59)43-49(35-32-29-17-14-10-2)64-56-46-61-55(45-62(56)76-66(52)64)63-47(5)42-53(51(65(63)75-61)36-33-30-18-15-11-3)60-41-39-50(74-60)44-58-68(72-8)69-57(12-4)67(70-58)71-7/h12,38-46H,9,13,16,19-28,31,34,37H2,1-8H3/b57-12-,58-44-. The van der Waals surface area contributed by atoms with E-state index in [-0.39, 0.29) is 0 Å². The molecule has 4 nitrogen and oxygen atoms in total. The van der Waals surface area contributed by atoms with Crippen LogP contribution in [0.25, 0.3) is 73.4 Å². The number of methoxy groups -OCH3 is 2. The molecule has 8 heteroatoms. The van der Waals surface area contributed by atoms with Gasteiger partial charge in [0.05, 0.1) is 24.5 Å². The Bertz CT molecular complexity index is 3940. The number of benzene rings is 3. The molecular formula is C68H66N2O2S4. The Labute approximate surface area is 467 Å². The quantitative estimate of drug-likeness (QED) is 0.0531. The molecule has 0 saturated carbocycles. The van der Waals surface area contributed by atoms with E-state index in [0.29, 0.717) is 22.5 Å². The van der Waals surface area contributed by atoms with E-state index in [1.807, 2.05) is 41.7 Å². The van der Waals surface area contributed by atoms with Crippen LogP contribution in [0.5, 0.6) is 11.8 Å². The number of fused-ring (bicyclic) bond motifs is 6. The van der Waals surface area contributed by atoms with Crippen molar-refractivity contribution >= 4 is 97.8 Å². The van der Waals surface area contributed by atoms with E-state index >= 15 is 0 Å². The summed E-state index contributed by atoms with van der Waals surface area (Å²) in [6.07, 6.45) is 25.2. The van der Waals surface area contributed by atoms with E-state index in [0.717, 1.165) is 44.0 Å². The van der Waals surface area contributed by atoms with Crippen LogP contribution in [0.4, 0.5) is 0 Å². The number of nitrogens with zero attached hydrogens (tertiary/aromatic N) is 2. The average Bonchev–Trinajstić information content (AvgIpc) is 4.31. The highest BCUT2D eigenvalue weighted by molar-refractivity contribution is 7.28. The molecular weight excluding hydrogens is 1010 g/mol. The summed E-state index contributed by atoms with van der Waals surface area (Å²) in [5, 5.41) is 6.12. The highest BCUT2D eigenvalue weighted by Gasteiger charge is 2.22.